The maximum absolute atomic E-state index is 11.5. The maximum atomic E-state index is 11.5. The van der Waals surface area contributed by atoms with Gasteiger partial charge in [0.15, 0.2) is 0 Å². The standard InChI is InChI=1S/C11H21N3O3/c1-9(15)12-4-5-13-11(17)8-14-6-2-3-10(16)7-14/h10,16H,2-8H2,1H3,(H,12,15)(H,13,17)/t10-/m0/s1. The molecule has 0 aromatic heterocycles. The van der Waals surface area contributed by atoms with Gasteiger partial charge in [0.05, 0.1) is 12.6 Å². The normalized spacial score (nSPS) is 20.9. The Morgan fingerprint density at radius 1 is 1.35 bits per heavy atom. The Kier molecular flexibility index (Phi) is 5.93. The molecule has 1 atom stereocenters. The lowest BCUT2D eigenvalue weighted by atomic mass is 10.1. The van der Waals surface area contributed by atoms with Crippen LogP contribution in [0.5, 0.6) is 0 Å². The van der Waals surface area contributed by atoms with E-state index in [9.17, 15) is 14.7 Å². The predicted octanol–water partition coefficient (Wildman–Crippen LogP) is -1.30. The van der Waals surface area contributed by atoms with E-state index < -0.39 is 0 Å². The summed E-state index contributed by atoms with van der Waals surface area (Å²) in [6, 6.07) is 0. The SMILES string of the molecule is CC(=O)NCCNC(=O)CN1CCC[C@H](O)C1. The lowest BCUT2D eigenvalue weighted by Gasteiger charge is -2.29. The number of nitrogens with one attached hydrogen (secondary N) is 2. The molecule has 1 aliphatic rings. The van der Waals surface area contributed by atoms with Crippen LogP contribution in [-0.4, -0.2) is 60.6 Å². The molecule has 0 bridgehead atoms. The van der Waals surface area contributed by atoms with Crippen LogP contribution in [0.15, 0.2) is 0 Å². The molecule has 1 saturated heterocycles. The molecule has 0 aliphatic carbocycles. The van der Waals surface area contributed by atoms with Crippen LogP contribution >= 0.6 is 0 Å². The number of piperidine rings is 1. The number of aliphatic hydroxyl groups excluding tert-OH is 1. The second-order valence-corrected chi connectivity index (χ2v) is 4.36. The van der Waals surface area contributed by atoms with Gasteiger partial charge in [-0.3, -0.25) is 14.5 Å². The van der Waals surface area contributed by atoms with Crippen molar-refractivity contribution in [1.29, 1.82) is 0 Å². The number of hydrogen-bond acceptors (Lipinski definition) is 4. The molecule has 17 heavy (non-hydrogen) atoms. The number of β-amino-alcohol motifs (C(OH)–C–C–N with tert-alkyl or cyclic N) is 1. The Hall–Kier alpha value is -1.14. The molecule has 2 amide bonds. The summed E-state index contributed by atoms with van der Waals surface area (Å²) >= 11 is 0. The molecule has 98 valence electrons. The maximum Gasteiger partial charge on any atom is 0.234 e. The Morgan fingerprint density at radius 3 is 2.71 bits per heavy atom. The molecule has 0 saturated carbocycles. The molecule has 0 unspecified atom stereocenters. The van der Waals surface area contributed by atoms with Crippen LogP contribution in [0.3, 0.4) is 0 Å². The highest BCUT2D eigenvalue weighted by atomic mass is 16.3. The number of amides is 2. The Labute approximate surface area is 101 Å². The first kappa shape index (κ1) is 13.9. The summed E-state index contributed by atoms with van der Waals surface area (Å²) in [6.45, 7) is 4.07. The molecule has 1 heterocycles. The predicted molar refractivity (Wildman–Crippen MR) is 63.4 cm³/mol. The number of aliphatic hydroxyl groups is 1. The van der Waals surface area contributed by atoms with E-state index in [4.69, 9.17) is 0 Å². The van der Waals surface area contributed by atoms with E-state index in [-0.39, 0.29) is 17.9 Å². The van der Waals surface area contributed by atoms with Gasteiger partial charge < -0.3 is 15.7 Å². The van der Waals surface area contributed by atoms with Crippen LogP contribution in [-0.2, 0) is 9.59 Å². The number of likely N-dealkylation sites (tertiary alicyclic amines) is 1. The largest absolute Gasteiger partial charge is 0.392 e. The van der Waals surface area contributed by atoms with E-state index in [1.807, 2.05) is 4.90 Å². The van der Waals surface area contributed by atoms with E-state index in [2.05, 4.69) is 10.6 Å². The van der Waals surface area contributed by atoms with Crippen molar-refractivity contribution in [2.24, 2.45) is 0 Å². The fraction of sp³-hybridized carbons (Fsp3) is 0.818. The summed E-state index contributed by atoms with van der Waals surface area (Å²) in [4.78, 5) is 24.0. The van der Waals surface area contributed by atoms with E-state index in [1.165, 1.54) is 6.92 Å². The molecular formula is C11H21N3O3. The van der Waals surface area contributed by atoms with E-state index in [1.54, 1.807) is 0 Å². The van der Waals surface area contributed by atoms with E-state index >= 15 is 0 Å². The van der Waals surface area contributed by atoms with Crippen LogP contribution in [0, 0.1) is 0 Å². The zero-order valence-electron chi connectivity index (χ0n) is 10.2. The van der Waals surface area contributed by atoms with Gasteiger partial charge in [-0.15, -0.1) is 0 Å². The number of rotatable bonds is 5. The van der Waals surface area contributed by atoms with Gasteiger partial charge in [0.25, 0.3) is 0 Å². The summed E-state index contributed by atoms with van der Waals surface area (Å²) in [5.74, 6) is -0.164. The van der Waals surface area contributed by atoms with Crippen molar-refractivity contribution >= 4 is 11.8 Å². The zero-order chi connectivity index (χ0) is 12.7. The molecule has 0 aromatic rings. The first-order valence-corrected chi connectivity index (χ1v) is 5.99. The van der Waals surface area contributed by atoms with Gasteiger partial charge in [-0.05, 0) is 19.4 Å². The van der Waals surface area contributed by atoms with Crippen molar-refractivity contribution in [3.63, 3.8) is 0 Å². The second kappa shape index (κ2) is 7.24. The van der Waals surface area contributed by atoms with Crippen molar-refractivity contribution < 1.29 is 14.7 Å². The van der Waals surface area contributed by atoms with Gasteiger partial charge >= 0.3 is 0 Å². The zero-order valence-corrected chi connectivity index (χ0v) is 10.2. The fourth-order valence-electron chi connectivity index (χ4n) is 1.87. The average Bonchev–Trinajstić information content (AvgIpc) is 2.24. The van der Waals surface area contributed by atoms with Gasteiger partial charge in [-0.25, -0.2) is 0 Å². The van der Waals surface area contributed by atoms with Crippen molar-refractivity contribution in [3.8, 4) is 0 Å². The minimum atomic E-state index is -0.309. The first-order chi connectivity index (χ1) is 8.08. The number of hydrogen-bond donors (Lipinski definition) is 3. The minimum absolute atomic E-state index is 0.0653. The average molecular weight is 243 g/mol. The Balaban J connectivity index is 2.09. The highest BCUT2D eigenvalue weighted by Gasteiger charge is 2.19. The second-order valence-electron chi connectivity index (χ2n) is 4.36. The molecule has 6 heteroatoms. The third-order valence-corrected chi connectivity index (χ3v) is 2.67. The van der Waals surface area contributed by atoms with Crippen LogP contribution in [0.1, 0.15) is 19.8 Å². The summed E-state index contributed by atoms with van der Waals surface area (Å²) < 4.78 is 0. The van der Waals surface area contributed by atoms with Crippen molar-refractivity contribution in [1.82, 2.24) is 15.5 Å². The molecule has 0 radical (unpaired) electrons. The van der Waals surface area contributed by atoms with Crippen molar-refractivity contribution in [2.75, 3.05) is 32.7 Å². The Morgan fingerprint density at radius 2 is 2.06 bits per heavy atom. The van der Waals surface area contributed by atoms with Gasteiger partial charge in [-0.1, -0.05) is 0 Å². The van der Waals surface area contributed by atoms with Crippen LogP contribution in [0.25, 0.3) is 0 Å². The lowest BCUT2D eigenvalue weighted by molar-refractivity contribution is -0.123. The molecule has 3 N–H and O–H groups in total. The number of carbonyl (C=O) groups excluding carboxylic acids is 2. The monoisotopic (exact) mass is 243 g/mol. The summed E-state index contributed by atoms with van der Waals surface area (Å²) in [5.41, 5.74) is 0. The molecule has 0 spiro atoms. The molecular weight excluding hydrogens is 222 g/mol. The van der Waals surface area contributed by atoms with Gasteiger partial charge in [-0.2, -0.15) is 0 Å². The lowest BCUT2D eigenvalue weighted by Crippen LogP contribution is -2.45. The van der Waals surface area contributed by atoms with Gasteiger partial charge in [0.1, 0.15) is 0 Å². The fourth-order valence-corrected chi connectivity index (χ4v) is 1.87. The highest BCUT2D eigenvalue weighted by molar-refractivity contribution is 5.78. The summed E-state index contributed by atoms with van der Waals surface area (Å²) in [6.07, 6.45) is 1.44. The van der Waals surface area contributed by atoms with E-state index in [0.717, 1.165) is 19.4 Å². The summed E-state index contributed by atoms with van der Waals surface area (Å²) in [7, 11) is 0. The molecule has 1 rings (SSSR count). The van der Waals surface area contributed by atoms with Crippen molar-refractivity contribution in [3.05, 3.63) is 0 Å². The van der Waals surface area contributed by atoms with Gasteiger partial charge in [0.2, 0.25) is 11.8 Å². The number of nitrogens with zero attached hydrogens (tertiary/aromatic N) is 1. The molecule has 1 aliphatic heterocycles. The topological polar surface area (TPSA) is 81.7 Å². The third-order valence-electron chi connectivity index (χ3n) is 2.67. The summed E-state index contributed by atoms with van der Waals surface area (Å²) in [5, 5.41) is 14.8. The number of carbonyl (C=O) groups is 2. The minimum Gasteiger partial charge on any atom is -0.392 e. The Bertz CT molecular complexity index is 271. The van der Waals surface area contributed by atoms with Crippen LogP contribution in [0.2, 0.25) is 0 Å². The first-order valence-electron chi connectivity index (χ1n) is 5.99. The third kappa shape index (κ3) is 6.23. The van der Waals surface area contributed by atoms with Gasteiger partial charge in [0, 0.05) is 26.6 Å². The highest BCUT2D eigenvalue weighted by Crippen LogP contribution is 2.08. The van der Waals surface area contributed by atoms with Crippen LogP contribution in [0.4, 0.5) is 0 Å². The quantitative estimate of drug-likeness (QED) is 0.524. The van der Waals surface area contributed by atoms with Crippen molar-refractivity contribution in [2.45, 2.75) is 25.9 Å². The molecule has 0 aromatic carbocycles. The van der Waals surface area contributed by atoms with Crippen LogP contribution < -0.4 is 10.6 Å². The molecule has 6 nitrogen and oxygen atoms in total. The smallest absolute Gasteiger partial charge is 0.234 e. The van der Waals surface area contributed by atoms with E-state index in [0.29, 0.717) is 26.2 Å². The molecule has 1 fully saturated rings.